The van der Waals surface area contributed by atoms with E-state index in [9.17, 15) is 0 Å². The Balaban J connectivity index is 1.56. The average Bonchev–Trinajstić information content (AvgIpc) is 3.44. The van der Waals surface area contributed by atoms with Crippen molar-refractivity contribution >= 4 is 0 Å². The predicted molar refractivity (Wildman–Crippen MR) is 115 cm³/mol. The molecule has 3 aromatic heterocycles. The van der Waals surface area contributed by atoms with Crippen LogP contribution in [0, 0.1) is 0 Å². The highest BCUT2D eigenvalue weighted by Gasteiger charge is 2.13. The second-order valence-electron chi connectivity index (χ2n) is 7.30. The van der Waals surface area contributed by atoms with Gasteiger partial charge in [0.2, 0.25) is 5.82 Å². The number of hydrogen-bond donors (Lipinski definition) is 1. The average molecular weight is 403 g/mol. The van der Waals surface area contributed by atoms with E-state index in [1.807, 2.05) is 6.07 Å². The summed E-state index contributed by atoms with van der Waals surface area (Å²) < 4.78 is 2.07. The Morgan fingerprint density at radius 2 is 1.87 bits per heavy atom. The number of aromatic nitrogens is 8. The number of nitrogens with one attached hydrogen (secondary N) is 1. The van der Waals surface area contributed by atoms with Crippen molar-refractivity contribution in [3.8, 4) is 22.5 Å². The first-order valence-corrected chi connectivity index (χ1v) is 10.5. The van der Waals surface area contributed by atoms with E-state index in [0.717, 1.165) is 67.0 Å². The summed E-state index contributed by atoms with van der Waals surface area (Å²) in [6, 6.07) is 10.5. The minimum atomic E-state index is 0.537. The van der Waals surface area contributed by atoms with Gasteiger partial charge in [-0.2, -0.15) is 10.3 Å². The van der Waals surface area contributed by atoms with Crippen LogP contribution in [0.15, 0.2) is 42.7 Å². The molecule has 8 nitrogen and oxygen atoms in total. The van der Waals surface area contributed by atoms with Crippen molar-refractivity contribution in [1.82, 2.24) is 40.4 Å². The fourth-order valence-corrected chi connectivity index (χ4v) is 3.47. The van der Waals surface area contributed by atoms with Crippen molar-refractivity contribution in [2.45, 2.75) is 52.5 Å². The summed E-state index contributed by atoms with van der Waals surface area (Å²) in [5.41, 5.74) is 4.16. The topological polar surface area (TPSA) is 98.1 Å². The zero-order valence-corrected chi connectivity index (χ0v) is 17.4. The van der Waals surface area contributed by atoms with E-state index in [0.29, 0.717) is 5.82 Å². The number of hydrogen-bond acceptors (Lipinski definition) is 6. The lowest BCUT2D eigenvalue weighted by Gasteiger charge is -2.08. The molecule has 1 aromatic carbocycles. The molecule has 0 saturated heterocycles. The number of tetrazole rings is 1. The molecule has 3 heterocycles. The van der Waals surface area contributed by atoms with E-state index in [1.54, 1.807) is 12.4 Å². The number of unbranched alkanes of at least 4 members (excludes halogenated alkanes) is 1. The van der Waals surface area contributed by atoms with Gasteiger partial charge >= 0.3 is 0 Å². The molecular formula is C22H26N8. The summed E-state index contributed by atoms with van der Waals surface area (Å²) in [6.45, 7) is 5.26. The maximum Gasteiger partial charge on any atom is 0.206 e. The number of nitrogens with zero attached hydrogens (tertiary/aromatic N) is 7. The summed E-state index contributed by atoms with van der Waals surface area (Å²) in [5, 5.41) is 19.1. The molecule has 154 valence electrons. The summed E-state index contributed by atoms with van der Waals surface area (Å²) >= 11 is 0. The summed E-state index contributed by atoms with van der Waals surface area (Å²) in [4.78, 5) is 9.02. The summed E-state index contributed by atoms with van der Waals surface area (Å²) in [6.07, 6.45) is 8.58. The number of pyridine rings is 1. The maximum absolute atomic E-state index is 4.81. The normalized spacial score (nSPS) is 11.1. The van der Waals surface area contributed by atoms with E-state index in [4.69, 9.17) is 10.1 Å². The molecule has 30 heavy (non-hydrogen) atoms. The van der Waals surface area contributed by atoms with E-state index in [1.165, 1.54) is 5.56 Å². The fourth-order valence-electron chi connectivity index (χ4n) is 3.47. The molecule has 0 amide bonds. The molecule has 8 heteroatoms. The zero-order chi connectivity index (χ0) is 20.8. The van der Waals surface area contributed by atoms with E-state index in [-0.39, 0.29) is 0 Å². The van der Waals surface area contributed by atoms with Gasteiger partial charge in [-0.1, -0.05) is 44.5 Å². The van der Waals surface area contributed by atoms with E-state index < -0.39 is 0 Å². The van der Waals surface area contributed by atoms with Crippen LogP contribution >= 0.6 is 0 Å². The maximum atomic E-state index is 4.81. The molecule has 0 aliphatic heterocycles. The number of benzene rings is 1. The third kappa shape index (κ3) is 4.42. The number of rotatable bonds is 9. The van der Waals surface area contributed by atoms with Gasteiger partial charge in [-0.15, -0.1) is 10.2 Å². The van der Waals surface area contributed by atoms with E-state index in [2.05, 4.69) is 68.4 Å². The van der Waals surface area contributed by atoms with Gasteiger partial charge in [0.1, 0.15) is 5.82 Å². The van der Waals surface area contributed by atoms with Gasteiger partial charge in [-0.25, -0.2) is 9.67 Å². The Morgan fingerprint density at radius 1 is 1.00 bits per heavy atom. The first kappa shape index (κ1) is 19.9. The quantitative estimate of drug-likeness (QED) is 0.456. The monoisotopic (exact) mass is 402 g/mol. The molecule has 0 unspecified atom stereocenters. The standard InChI is InChI=1S/C22H26N8/c1-3-5-6-20-24-21(30(27-20)13-4-2)14-16-7-9-17(10-8-16)18-11-12-23-15-19(18)22-25-28-29-26-22/h7-12,15H,3-6,13-14H2,1-2H3,(H,25,26,28,29). The Bertz CT molecular complexity index is 1070. The molecule has 0 fully saturated rings. The van der Waals surface area contributed by atoms with Gasteiger partial charge in [-0.05, 0) is 40.8 Å². The lowest BCUT2D eigenvalue weighted by Crippen LogP contribution is -2.06. The van der Waals surface area contributed by atoms with Crippen molar-refractivity contribution in [1.29, 1.82) is 0 Å². The summed E-state index contributed by atoms with van der Waals surface area (Å²) in [5.74, 6) is 2.53. The third-order valence-corrected chi connectivity index (χ3v) is 5.02. The Hall–Kier alpha value is -3.42. The lowest BCUT2D eigenvalue weighted by atomic mass is 9.99. The molecule has 0 spiro atoms. The number of aromatic amines is 1. The second kappa shape index (κ2) is 9.39. The van der Waals surface area contributed by atoms with Crippen LogP contribution < -0.4 is 0 Å². The van der Waals surface area contributed by atoms with Crippen LogP contribution in [0.25, 0.3) is 22.5 Å². The number of aryl methyl sites for hydroxylation is 2. The van der Waals surface area contributed by atoms with Crippen LogP contribution in [0.1, 0.15) is 50.3 Å². The highest BCUT2D eigenvalue weighted by Crippen LogP contribution is 2.29. The molecule has 0 atom stereocenters. The molecular weight excluding hydrogens is 376 g/mol. The Morgan fingerprint density at radius 3 is 2.60 bits per heavy atom. The highest BCUT2D eigenvalue weighted by molar-refractivity contribution is 5.79. The van der Waals surface area contributed by atoms with Gasteiger partial charge in [0.15, 0.2) is 5.82 Å². The van der Waals surface area contributed by atoms with Crippen LogP contribution in [0.3, 0.4) is 0 Å². The summed E-state index contributed by atoms with van der Waals surface area (Å²) in [7, 11) is 0. The van der Waals surface area contributed by atoms with Crippen molar-refractivity contribution in [2.24, 2.45) is 0 Å². The van der Waals surface area contributed by atoms with Gasteiger partial charge in [-0.3, -0.25) is 4.98 Å². The van der Waals surface area contributed by atoms with Crippen LogP contribution in [0.2, 0.25) is 0 Å². The van der Waals surface area contributed by atoms with Gasteiger partial charge in [0.05, 0.1) is 0 Å². The molecule has 0 aliphatic carbocycles. The third-order valence-electron chi connectivity index (χ3n) is 5.02. The fraction of sp³-hybridized carbons (Fsp3) is 0.364. The van der Waals surface area contributed by atoms with Crippen molar-refractivity contribution in [3.05, 3.63) is 59.9 Å². The van der Waals surface area contributed by atoms with Crippen LogP contribution in [0.5, 0.6) is 0 Å². The molecule has 0 bridgehead atoms. The first-order valence-electron chi connectivity index (χ1n) is 10.5. The van der Waals surface area contributed by atoms with Gasteiger partial charge in [0, 0.05) is 37.3 Å². The number of H-pyrrole nitrogens is 1. The molecule has 0 aliphatic rings. The van der Waals surface area contributed by atoms with Gasteiger partial charge in [0.25, 0.3) is 0 Å². The minimum absolute atomic E-state index is 0.537. The minimum Gasteiger partial charge on any atom is -0.264 e. The van der Waals surface area contributed by atoms with Crippen LogP contribution in [-0.4, -0.2) is 40.4 Å². The Kier molecular flexibility index (Phi) is 6.22. The van der Waals surface area contributed by atoms with E-state index >= 15 is 0 Å². The smallest absolute Gasteiger partial charge is 0.206 e. The molecule has 1 N–H and O–H groups in total. The van der Waals surface area contributed by atoms with Crippen molar-refractivity contribution < 1.29 is 0 Å². The highest BCUT2D eigenvalue weighted by atomic mass is 15.5. The molecule has 4 rings (SSSR count). The molecule has 0 saturated carbocycles. The Labute approximate surface area is 175 Å². The largest absolute Gasteiger partial charge is 0.264 e. The van der Waals surface area contributed by atoms with Crippen LogP contribution in [0.4, 0.5) is 0 Å². The zero-order valence-electron chi connectivity index (χ0n) is 17.4. The molecule has 4 aromatic rings. The predicted octanol–water partition coefficient (Wildman–Crippen LogP) is 3.86. The first-order chi connectivity index (χ1) is 14.8. The van der Waals surface area contributed by atoms with Crippen molar-refractivity contribution in [3.63, 3.8) is 0 Å². The lowest BCUT2D eigenvalue weighted by molar-refractivity contribution is 0.569. The van der Waals surface area contributed by atoms with Crippen LogP contribution in [-0.2, 0) is 19.4 Å². The second-order valence-corrected chi connectivity index (χ2v) is 7.30. The molecule has 0 radical (unpaired) electrons. The van der Waals surface area contributed by atoms with Gasteiger partial charge < -0.3 is 0 Å². The SMILES string of the molecule is CCCCc1nc(Cc2ccc(-c3ccncc3-c3nn[nH]n3)cc2)n(CCC)n1. The van der Waals surface area contributed by atoms with Crippen molar-refractivity contribution in [2.75, 3.05) is 0 Å².